The lowest BCUT2D eigenvalue weighted by Crippen LogP contribution is -2.09. The van der Waals surface area contributed by atoms with Crippen molar-refractivity contribution in [3.8, 4) is 0 Å². The molecule has 0 aromatic carbocycles. The predicted molar refractivity (Wildman–Crippen MR) is 39.4 cm³/mol. The van der Waals surface area contributed by atoms with Gasteiger partial charge in [-0.05, 0) is 6.92 Å². The van der Waals surface area contributed by atoms with E-state index in [0.717, 1.165) is 0 Å². The van der Waals surface area contributed by atoms with Gasteiger partial charge in [0.25, 0.3) is 0 Å². The molecule has 4 heteroatoms. The first-order valence-corrected chi connectivity index (χ1v) is 3.27. The summed E-state index contributed by atoms with van der Waals surface area (Å²) in [5, 5.41) is 6.78. The fourth-order valence-corrected chi connectivity index (χ4v) is 0.500. The van der Waals surface area contributed by atoms with Crippen LogP contribution in [0.3, 0.4) is 0 Å². The van der Waals surface area contributed by atoms with Gasteiger partial charge in [-0.15, -0.1) is 0 Å². The van der Waals surface area contributed by atoms with Gasteiger partial charge in [0.05, 0.1) is 6.42 Å². The second kappa shape index (κ2) is 4.60. The number of hydrogen-bond acceptors (Lipinski definition) is 4. The minimum Gasteiger partial charge on any atom is -0.412 e. The van der Waals surface area contributed by atoms with Crippen LogP contribution in [-0.2, 0) is 14.3 Å². The summed E-state index contributed by atoms with van der Waals surface area (Å²) < 4.78 is 4.39. The van der Waals surface area contributed by atoms with E-state index in [1.54, 1.807) is 0 Å². The van der Waals surface area contributed by atoms with Gasteiger partial charge in [-0.2, -0.15) is 0 Å². The maximum Gasteiger partial charge on any atom is 0.312 e. The molecule has 0 rings (SSSR count). The van der Waals surface area contributed by atoms with E-state index in [1.807, 2.05) is 0 Å². The molecular formula is C7H11NO3. The van der Waals surface area contributed by atoms with E-state index in [1.165, 1.54) is 13.8 Å². The molecule has 0 aromatic heterocycles. The first-order valence-electron chi connectivity index (χ1n) is 3.27. The number of ether oxygens (including phenoxy) is 1. The second-order valence-corrected chi connectivity index (χ2v) is 2.23. The maximum absolute atomic E-state index is 10.6. The lowest BCUT2D eigenvalue weighted by atomic mass is 10.2. The summed E-state index contributed by atoms with van der Waals surface area (Å²) >= 11 is 0. The van der Waals surface area contributed by atoms with Crippen LogP contribution in [0.2, 0.25) is 0 Å². The topological polar surface area (TPSA) is 67.2 Å². The number of carbonyl (C=O) groups excluding carboxylic acids is 2. The van der Waals surface area contributed by atoms with Crippen LogP contribution in [0.5, 0.6) is 0 Å². The van der Waals surface area contributed by atoms with E-state index in [0.29, 0.717) is 0 Å². The number of carbonyl (C=O) groups is 2. The van der Waals surface area contributed by atoms with Crippen LogP contribution >= 0.6 is 0 Å². The van der Waals surface area contributed by atoms with E-state index in [2.05, 4.69) is 4.74 Å². The Balaban J connectivity index is 3.53. The Morgan fingerprint density at radius 1 is 1.27 bits per heavy atom. The summed E-state index contributed by atoms with van der Waals surface area (Å²) in [6.07, 6.45) is 0.248. The van der Waals surface area contributed by atoms with Crippen molar-refractivity contribution >= 4 is 17.7 Å². The number of esters is 1. The van der Waals surface area contributed by atoms with Crippen LogP contribution in [0.4, 0.5) is 0 Å². The van der Waals surface area contributed by atoms with Crippen LogP contribution in [-0.4, -0.2) is 17.7 Å². The molecule has 0 saturated heterocycles. The van der Waals surface area contributed by atoms with E-state index in [9.17, 15) is 9.59 Å². The van der Waals surface area contributed by atoms with Crippen LogP contribution in [0.1, 0.15) is 26.7 Å². The van der Waals surface area contributed by atoms with Crippen molar-refractivity contribution < 1.29 is 14.3 Å². The third-order valence-electron chi connectivity index (χ3n) is 0.948. The van der Waals surface area contributed by atoms with E-state index >= 15 is 0 Å². The second-order valence-electron chi connectivity index (χ2n) is 2.23. The number of hydrogen-bond donors (Lipinski definition) is 1. The van der Waals surface area contributed by atoms with Gasteiger partial charge in [0.2, 0.25) is 0 Å². The van der Waals surface area contributed by atoms with Gasteiger partial charge < -0.3 is 9.53 Å². The van der Waals surface area contributed by atoms with Crippen LogP contribution in [0, 0.1) is 5.41 Å². The first-order chi connectivity index (χ1) is 5.02. The molecular weight excluding hydrogens is 146 g/mol. The minimum absolute atomic E-state index is 0.0513. The zero-order valence-electron chi connectivity index (χ0n) is 6.64. The highest BCUT2D eigenvalue weighted by Crippen LogP contribution is 1.93. The summed E-state index contributed by atoms with van der Waals surface area (Å²) in [7, 11) is 0. The maximum atomic E-state index is 10.6. The Hall–Kier alpha value is -1.19. The summed E-state index contributed by atoms with van der Waals surface area (Å²) in [6, 6.07) is 0. The largest absolute Gasteiger partial charge is 0.412 e. The Morgan fingerprint density at radius 3 is 2.18 bits per heavy atom. The lowest BCUT2D eigenvalue weighted by Gasteiger charge is -1.98. The zero-order chi connectivity index (χ0) is 8.85. The molecule has 0 aliphatic heterocycles. The number of ketones is 1. The van der Waals surface area contributed by atoms with Crippen molar-refractivity contribution in [2.45, 2.75) is 26.7 Å². The Kier molecular flexibility index (Phi) is 4.10. The molecule has 4 nitrogen and oxygen atoms in total. The highest BCUT2D eigenvalue weighted by Gasteiger charge is 2.04. The molecule has 0 spiro atoms. The van der Waals surface area contributed by atoms with Gasteiger partial charge >= 0.3 is 5.97 Å². The molecule has 1 N–H and O–H groups in total. The summed E-state index contributed by atoms with van der Waals surface area (Å²) in [6.45, 7) is 2.77. The molecule has 0 atom stereocenters. The first kappa shape index (κ1) is 9.81. The third kappa shape index (κ3) is 6.70. The Labute approximate surface area is 65.1 Å². The standard InChI is InChI=1S/C7H11NO3/c1-5(9)3-4-7(10)11-6(2)8/h8H,3-4H2,1-2H3. The molecule has 0 aromatic rings. The smallest absolute Gasteiger partial charge is 0.312 e. The molecule has 62 valence electrons. The Bertz CT molecular complexity index is 186. The molecule has 0 heterocycles. The molecule has 0 aliphatic rings. The SMILES string of the molecule is CC(=N)OC(=O)CCC(C)=O. The lowest BCUT2D eigenvalue weighted by molar-refractivity contribution is -0.137. The van der Waals surface area contributed by atoms with Crippen LogP contribution < -0.4 is 0 Å². The van der Waals surface area contributed by atoms with E-state index in [4.69, 9.17) is 5.41 Å². The van der Waals surface area contributed by atoms with Crippen molar-refractivity contribution in [2.24, 2.45) is 0 Å². The van der Waals surface area contributed by atoms with Gasteiger partial charge in [0.1, 0.15) is 5.78 Å². The number of Topliss-reactive ketones (excluding diaryl/α,β-unsaturated/α-hetero) is 1. The van der Waals surface area contributed by atoms with Gasteiger partial charge in [-0.25, -0.2) is 0 Å². The van der Waals surface area contributed by atoms with Gasteiger partial charge in [-0.3, -0.25) is 10.2 Å². The fraction of sp³-hybridized carbons (Fsp3) is 0.571. The third-order valence-corrected chi connectivity index (χ3v) is 0.948. The Morgan fingerprint density at radius 2 is 1.82 bits per heavy atom. The molecule has 0 aliphatic carbocycles. The van der Waals surface area contributed by atoms with Gasteiger partial charge in [0.15, 0.2) is 5.90 Å². The average molecular weight is 157 g/mol. The van der Waals surface area contributed by atoms with Crippen LogP contribution in [0.15, 0.2) is 0 Å². The normalized spacial score (nSPS) is 8.91. The fourth-order valence-electron chi connectivity index (χ4n) is 0.500. The highest BCUT2D eigenvalue weighted by atomic mass is 16.5. The summed E-state index contributed by atoms with van der Waals surface area (Å²) in [5.41, 5.74) is 0. The molecule has 0 radical (unpaired) electrons. The van der Waals surface area contributed by atoms with Crippen molar-refractivity contribution in [1.82, 2.24) is 0 Å². The number of rotatable bonds is 3. The monoisotopic (exact) mass is 157 g/mol. The molecule has 0 unspecified atom stereocenters. The number of nitrogens with one attached hydrogen (secondary N) is 1. The summed E-state index contributed by atoms with van der Waals surface area (Å²) in [4.78, 5) is 21.0. The van der Waals surface area contributed by atoms with Crippen LogP contribution in [0.25, 0.3) is 0 Å². The van der Waals surface area contributed by atoms with Crippen molar-refractivity contribution in [2.75, 3.05) is 0 Å². The van der Waals surface area contributed by atoms with Gasteiger partial charge in [-0.1, -0.05) is 0 Å². The molecule has 11 heavy (non-hydrogen) atoms. The van der Waals surface area contributed by atoms with Crippen molar-refractivity contribution in [3.63, 3.8) is 0 Å². The average Bonchev–Trinajstić information content (AvgIpc) is 1.82. The molecule has 0 saturated carbocycles. The predicted octanol–water partition coefficient (Wildman–Crippen LogP) is 0.896. The highest BCUT2D eigenvalue weighted by molar-refractivity contribution is 5.88. The van der Waals surface area contributed by atoms with Crippen molar-refractivity contribution in [3.05, 3.63) is 0 Å². The molecule has 0 amide bonds. The summed E-state index contributed by atoms with van der Waals surface area (Å²) in [5.74, 6) is -0.712. The minimum atomic E-state index is -0.521. The zero-order valence-corrected chi connectivity index (χ0v) is 6.64. The van der Waals surface area contributed by atoms with E-state index < -0.39 is 5.97 Å². The van der Waals surface area contributed by atoms with Gasteiger partial charge in [0, 0.05) is 13.3 Å². The molecule has 0 fully saturated rings. The van der Waals surface area contributed by atoms with Crippen molar-refractivity contribution in [1.29, 1.82) is 5.41 Å². The molecule has 0 bridgehead atoms. The van der Waals surface area contributed by atoms with E-state index in [-0.39, 0.29) is 24.5 Å². The quantitative estimate of drug-likeness (QED) is 0.376.